The van der Waals surface area contributed by atoms with E-state index in [4.69, 9.17) is 23.8 Å². The molecule has 0 heterocycles. The summed E-state index contributed by atoms with van der Waals surface area (Å²) in [7, 11) is 0. The lowest BCUT2D eigenvalue weighted by Gasteiger charge is -2.13. The monoisotopic (exact) mass is 290 g/mol. The molecule has 0 unspecified atom stereocenters. The largest absolute Gasteiger partial charge is 0.332 e. The first-order valence-corrected chi connectivity index (χ1v) is 6.74. The molecule has 0 aliphatic carbocycles. The second-order valence-electron chi connectivity index (χ2n) is 4.38. The summed E-state index contributed by atoms with van der Waals surface area (Å²) in [5.41, 5.74) is 4.18. The third kappa shape index (κ3) is 3.69. The highest BCUT2D eigenvalue weighted by Crippen LogP contribution is 2.21. The number of nitrogens with one attached hydrogen (secondary N) is 2. The van der Waals surface area contributed by atoms with Crippen molar-refractivity contribution in [3.8, 4) is 0 Å². The van der Waals surface area contributed by atoms with E-state index in [1.54, 1.807) is 0 Å². The van der Waals surface area contributed by atoms with E-state index < -0.39 is 0 Å². The van der Waals surface area contributed by atoms with Gasteiger partial charge in [0.2, 0.25) is 0 Å². The molecule has 0 saturated heterocycles. The van der Waals surface area contributed by atoms with Gasteiger partial charge in [0.15, 0.2) is 5.11 Å². The number of hydrogen-bond donors (Lipinski definition) is 2. The molecular weight excluding hydrogens is 276 g/mol. The summed E-state index contributed by atoms with van der Waals surface area (Å²) in [5, 5.41) is 7.44. The van der Waals surface area contributed by atoms with Gasteiger partial charge in [-0.15, -0.1) is 0 Å². The van der Waals surface area contributed by atoms with Crippen molar-refractivity contribution in [2.75, 3.05) is 10.6 Å². The molecule has 0 bridgehead atoms. The molecule has 0 fully saturated rings. The molecule has 0 aliphatic heterocycles. The molecule has 0 aromatic heterocycles. The van der Waals surface area contributed by atoms with Gasteiger partial charge in [-0.05, 0) is 49.8 Å². The Morgan fingerprint density at radius 2 is 1.68 bits per heavy atom. The van der Waals surface area contributed by atoms with Gasteiger partial charge >= 0.3 is 0 Å². The molecule has 4 heteroatoms. The van der Waals surface area contributed by atoms with Crippen molar-refractivity contribution in [2.24, 2.45) is 0 Å². The van der Waals surface area contributed by atoms with Gasteiger partial charge in [0.1, 0.15) is 0 Å². The number of halogens is 1. The van der Waals surface area contributed by atoms with E-state index in [-0.39, 0.29) is 0 Å². The molecule has 2 rings (SSSR count). The van der Waals surface area contributed by atoms with Crippen LogP contribution in [0.15, 0.2) is 42.5 Å². The van der Waals surface area contributed by atoms with Gasteiger partial charge in [-0.3, -0.25) is 0 Å². The van der Waals surface area contributed by atoms with Gasteiger partial charge in [0.25, 0.3) is 0 Å². The minimum Gasteiger partial charge on any atom is -0.332 e. The van der Waals surface area contributed by atoms with Crippen LogP contribution in [0.5, 0.6) is 0 Å². The van der Waals surface area contributed by atoms with E-state index in [2.05, 4.69) is 23.6 Å². The first kappa shape index (κ1) is 13.8. The zero-order chi connectivity index (χ0) is 13.8. The van der Waals surface area contributed by atoms with Crippen LogP contribution < -0.4 is 10.6 Å². The Bertz CT molecular complexity index is 611. The number of para-hydroxylation sites is 1. The van der Waals surface area contributed by atoms with Gasteiger partial charge in [0.05, 0.1) is 10.7 Å². The Labute approximate surface area is 123 Å². The van der Waals surface area contributed by atoms with Crippen LogP contribution in [0.4, 0.5) is 11.4 Å². The number of thiocarbonyl (C=S) groups is 1. The lowest BCUT2D eigenvalue weighted by atomic mass is 10.1. The van der Waals surface area contributed by atoms with Gasteiger partial charge in [-0.1, -0.05) is 41.4 Å². The number of hydrogen-bond acceptors (Lipinski definition) is 1. The molecule has 0 spiro atoms. The average molecular weight is 291 g/mol. The molecule has 19 heavy (non-hydrogen) atoms. The summed E-state index contributed by atoms with van der Waals surface area (Å²) in [5.74, 6) is 0. The smallest absolute Gasteiger partial charge is 0.175 e. The standard InChI is InChI=1S/C15H15ClN2S/c1-10-7-8-13(11(2)9-10)17-15(19)18-14-6-4-3-5-12(14)16/h3-9H,1-2H3,(H2,17,18,19). The highest BCUT2D eigenvalue weighted by Gasteiger charge is 2.04. The summed E-state index contributed by atoms with van der Waals surface area (Å²) >= 11 is 11.4. The zero-order valence-electron chi connectivity index (χ0n) is 10.8. The van der Waals surface area contributed by atoms with Gasteiger partial charge in [0, 0.05) is 5.69 Å². The van der Waals surface area contributed by atoms with Crippen LogP contribution in [-0.4, -0.2) is 5.11 Å². The lowest BCUT2D eigenvalue weighted by Crippen LogP contribution is -2.19. The van der Waals surface area contributed by atoms with E-state index in [0.717, 1.165) is 16.9 Å². The SMILES string of the molecule is Cc1ccc(NC(=S)Nc2ccccc2Cl)c(C)c1. The quantitative estimate of drug-likeness (QED) is 0.779. The first-order valence-electron chi connectivity index (χ1n) is 5.96. The summed E-state index contributed by atoms with van der Waals surface area (Å²) in [4.78, 5) is 0. The minimum absolute atomic E-state index is 0.528. The van der Waals surface area contributed by atoms with Crippen LogP contribution in [-0.2, 0) is 0 Å². The first-order chi connectivity index (χ1) is 9.06. The molecule has 0 aliphatic rings. The van der Waals surface area contributed by atoms with Gasteiger partial charge in [-0.2, -0.15) is 0 Å². The molecule has 2 nitrogen and oxygen atoms in total. The highest BCUT2D eigenvalue weighted by molar-refractivity contribution is 7.80. The van der Waals surface area contributed by atoms with Crippen molar-refractivity contribution in [2.45, 2.75) is 13.8 Å². The van der Waals surface area contributed by atoms with Crippen LogP contribution >= 0.6 is 23.8 Å². The number of anilines is 2. The van der Waals surface area contributed by atoms with Crippen LogP contribution in [0.1, 0.15) is 11.1 Å². The van der Waals surface area contributed by atoms with Crippen LogP contribution in [0, 0.1) is 13.8 Å². The van der Waals surface area contributed by atoms with Crippen LogP contribution in [0.25, 0.3) is 0 Å². The van der Waals surface area contributed by atoms with E-state index in [1.807, 2.05) is 43.3 Å². The molecule has 98 valence electrons. The fraction of sp³-hybridized carbons (Fsp3) is 0.133. The summed E-state index contributed by atoms with van der Waals surface area (Å²) in [6, 6.07) is 13.7. The Balaban J connectivity index is 2.08. The molecule has 0 atom stereocenters. The maximum atomic E-state index is 6.07. The fourth-order valence-corrected chi connectivity index (χ4v) is 2.20. The Kier molecular flexibility index (Phi) is 4.40. The van der Waals surface area contributed by atoms with Crippen molar-refractivity contribution < 1.29 is 0 Å². The summed E-state index contributed by atoms with van der Waals surface area (Å²) < 4.78 is 0. The van der Waals surface area contributed by atoms with Crippen molar-refractivity contribution in [1.82, 2.24) is 0 Å². The van der Waals surface area contributed by atoms with Gasteiger partial charge < -0.3 is 10.6 Å². The van der Waals surface area contributed by atoms with Crippen molar-refractivity contribution in [3.63, 3.8) is 0 Å². The van der Waals surface area contributed by atoms with E-state index in [1.165, 1.54) is 5.56 Å². The molecule has 0 saturated carbocycles. The summed E-state index contributed by atoms with van der Waals surface area (Å²) in [6.45, 7) is 4.12. The normalized spacial score (nSPS) is 10.1. The van der Waals surface area contributed by atoms with Crippen LogP contribution in [0.3, 0.4) is 0 Å². The third-order valence-corrected chi connectivity index (χ3v) is 3.29. The Morgan fingerprint density at radius 1 is 1.00 bits per heavy atom. The number of rotatable bonds is 2. The maximum Gasteiger partial charge on any atom is 0.175 e. The molecule has 0 radical (unpaired) electrons. The molecule has 0 amide bonds. The minimum atomic E-state index is 0.528. The van der Waals surface area contributed by atoms with Gasteiger partial charge in [-0.25, -0.2) is 0 Å². The number of benzene rings is 2. The van der Waals surface area contributed by atoms with Crippen molar-refractivity contribution >= 4 is 40.3 Å². The second kappa shape index (κ2) is 6.04. The fourth-order valence-electron chi connectivity index (χ4n) is 1.79. The van der Waals surface area contributed by atoms with Crippen molar-refractivity contribution in [1.29, 1.82) is 0 Å². The summed E-state index contributed by atoms with van der Waals surface area (Å²) in [6.07, 6.45) is 0. The Hall–Kier alpha value is -1.58. The number of aryl methyl sites for hydroxylation is 2. The predicted molar refractivity (Wildman–Crippen MR) is 87.2 cm³/mol. The molecular formula is C15H15ClN2S. The maximum absolute atomic E-state index is 6.07. The topological polar surface area (TPSA) is 24.1 Å². The molecule has 2 aromatic carbocycles. The van der Waals surface area contributed by atoms with Crippen LogP contribution in [0.2, 0.25) is 5.02 Å². The third-order valence-electron chi connectivity index (χ3n) is 2.75. The van der Waals surface area contributed by atoms with E-state index in [9.17, 15) is 0 Å². The van der Waals surface area contributed by atoms with E-state index >= 15 is 0 Å². The van der Waals surface area contributed by atoms with Crippen molar-refractivity contribution in [3.05, 3.63) is 58.6 Å². The Morgan fingerprint density at radius 3 is 2.37 bits per heavy atom. The predicted octanol–water partition coefficient (Wildman–Crippen LogP) is 4.77. The second-order valence-corrected chi connectivity index (χ2v) is 5.19. The average Bonchev–Trinajstić information content (AvgIpc) is 2.36. The molecule has 2 aromatic rings. The lowest BCUT2D eigenvalue weighted by molar-refractivity contribution is 1.38. The van der Waals surface area contributed by atoms with E-state index in [0.29, 0.717) is 10.1 Å². The zero-order valence-corrected chi connectivity index (χ0v) is 12.4. The highest BCUT2D eigenvalue weighted by atomic mass is 35.5. The molecule has 2 N–H and O–H groups in total.